The number of amides is 1. The van der Waals surface area contributed by atoms with Gasteiger partial charge in [-0.15, -0.1) is 13.2 Å². The van der Waals surface area contributed by atoms with Crippen molar-refractivity contribution in [1.29, 1.82) is 0 Å². The van der Waals surface area contributed by atoms with Crippen molar-refractivity contribution >= 4 is 6.41 Å². The maximum Gasteiger partial charge on any atom is 0.487 e. The lowest BCUT2D eigenvalue weighted by Crippen LogP contribution is -2.42. The first-order valence-corrected chi connectivity index (χ1v) is 3.24. The van der Waals surface area contributed by atoms with Crippen LogP contribution in [0.5, 0.6) is 0 Å². The molecule has 0 aliphatic carbocycles. The molecule has 1 amide bonds. The van der Waals surface area contributed by atoms with Gasteiger partial charge in [-0.1, -0.05) is 6.92 Å². The topological polar surface area (TPSA) is 20.3 Å². The molecule has 0 saturated carbocycles. The van der Waals surface area contributed by atoms with Crippen molar-refractivity contribution in [2.75, 3.05) is 0 Å². The van der Waals surface area contributed by atoms with E-state index in [0.717, 1.165) is 0 Å². The molecule has 0 aromatic rings. The highest BCUT2D eigenvalue weighted by Gasteiger charge is 2.38. The van der Waals surface area contributed by atoms with Crippen LogP contribution in [0.3, 0.4) is 0 Å². The van der Waals surface area contributed by atoms with Crippen LogP contribution in [-0.2, 0) is 4.79 Å². The minimum atomic E-state index is -4.54. The van der Waals surface area contributed by atoms with Gasteiger partial charge in [0, 0.05) is 6.04 Å². The molecule has 0 heterocycles. The molecular weight excluding hydrogens is 159 g/mol. The van der Waals surface area contributed by atoms with Crippen LogP contribution in [-0.4, -0.2) is 23.7 Å². The summed E-state index contributed by atoms with van der Waals surface area (Å²) >= 11 is 0. The highest BCUT2D eigenvalue weighted by atomic mass is 19.4. The monoisotopic (exact) mass is 169 g/mol. The Balaban J connectivity index is 4.28. The van der Waals surface area contributed by atoms with Crippen molar-refractivity contribution in [3.8, 4) is 0 Å². The summed E-state index contributed by atoms with van der Waals surface area (Å²) in [6.07, 6.45) is -4.44. The first-order valence-electron chi connectivity index (χ1n) is 3.24. The SMILES string of the molecule is CCC(C)N(C=O)C(F)(F)F. The highest BCUT2D eigenvalue weighted by Crippen LogP contribution is 2.22. The van der Waals surface area contributed by atoms with Crippen LogP contribution < -0.4 is 0 Å². The Bertz CT molecular complexity index is 134. The molecule has 0 aliphatic heterocycles. The number of nitrogens with zero attached hydrogens (tertiary/aromatic N) is 1. The Hall–Kier alpha value is -0.740. The van der Waals surface area contributed by atoms with E-state index in [1.807, 2.05) is 0 Å². The van der Waals surface area contributed by atoms with Gasteiger partial charge in [-0.05, 0) is 13.3 Å². The molecule has 2 nitrogen and oxygen atoms in total. The summed E-state index contributed by atoms with van der Waals surface area (Å²) in [5.74, 6) is 0. The van der Waals surface area contributed by atoms with Crippen molar-refractivity contribution in [3.63, 3.8) is 0 Å². The molecule has 0 spiro atoms. The molecule has 1 atom stereocenters. The fourth-order valence-corrected chi connectivity index (χ4v) is 0.610. The van der Waals surface area contributed by atoms with Crippen LogP contribution in [0.2, 0.25) is 0 Å². The van der Waals surface area contributed by atoms with Gasteiger partial charge in [0.1, 0.15) is 0 Å². The molecule has 1 unspecified atom stereocenters. The number of hydrogen-bond donors (Lipinski definition) is 0. The fraction of sp³-hybridized carbons (Fsp3) is 0.833. The van der Waals surface area contributed by atoms with Crippen LogP contribution in [0.1, 0.15) is 20.3 Å². The van der Waals surface area contributed by atoms with Crippen LogP contribution in [0.15, 0.2) is 0 Å². The fourth-order valence-electron chi connectivity index (χ4n) is 0.610. The standard InChI is InChI=1S/C6H10F3NO/c1-3-5(2)10(4-11)6(7,8)9/h4-5H,3H2,1-2H3. The van der Waals surface area contributed by atoms with E-state index in [9.17, 15) is 18.0 Å². The normalized spacial score (nSPS) is 14.3. The minimum absolute atomic E-state index is 0.146. The lowest BCUT2D eigenvalue weighted by molar-refractivity contribution is -0.243. The zero-order valence-electron chi connectivity index (χ0n) is 6.35. The van der Waals surface area contributed by atoms with E-state index in [2.05, 4.69) is 0 Å². The quantitative estimate of drug-likeness (QED) is 0.465. The maximum absolute atomic E-state index is 11.9. The van der Waals surface area contributed by atoms with Gasteiger partial charge in [0.25, 0.3) is 0 Å². The summed E-state index contributed by atoms with van der Waals surface area (Å²) in [4.78, 5) is 9.81. The third-order valence-corrected chi connectivity index (χ3v) is 1.47. The third-order valence-electron chi connectivity index (χ3n) is 1.47. The van der Waals surface area contributed by atoms with Crippen molar-refractivity contribution in [3.05, 3.63) is 0 Å². The van der Waals surface area contributed by atoms with Gasteiger partial charge in [0.05, 0.1) is 0 Å². The van der Waals surface area contributed by atoms with Crippen molar-refractivity contribution < 1.29 is 18.0 Å². The van der Waals surface area contributed by atoms with E-state index >= 15 is 0 Å². The van der Waals surface area contributed by atoms with Crippen LogP contribution >= 0.6 is 0 Å². The largest absolute Gasteiger partial charge is 0.487 e. The first-order chi connectivity index (χ1) is 4.93. The average molecular weight is 169 g/mol. The van der Waals surface area contributed by atoms with Gasteiger partial charge in [-0.25, -0.2) is 0 Å². The Morgan fingerprint density at radius 3 is 2.09 bits per heavy atom. The summed E-state index contributed by atoms with van der Waals surface area (Å²) in [6.45, 7) is 2.94. The summed E-state index contributed by atoms with van der Waals surface area (Å²) in [5, 5.41) is 0. The predicted octanol–water partition coefficient (Wildman–Crippen LogP) is 1.76. The van der Waals surface area contributed by atoms with Crippen molar-refractivity contribution in [2.24, 2.45) is 0 Å². The number of alkyl halides is 3. The van der Waals surface area contributed by atoms with Gasteiger partial charge >= 0.3 is 6.30 Å². The molecule has 0 saturated heterocycles. The van der Waals surface area contributed by atoms with E-state index in [-0.39, 0.29) is 17.7 Å². The molecule has 0 bridgehead atoms. The molecule has 0 radical (unpaired) electrons. The highest BCUT2D eigenvalue weighted by molar-refractivity contribution is 5.48. The first kappa shape index (κ1) is 10.3. The average Bonchev–Trinajstić information content (AvgIpc) is 1.86. The van der Waals surface area contributed by atoms with E-state index in [1.54, 1.807) is 6.92 Å². The molecule has 0 N–H and O–H groups in total. The minimum Gasteiger partial charge on any atom is -0.278 e. The molecule has 5 heteroatoms. The lowest BCUT2D eigenvalue weighted by Gasteiger charge is -2.25. The zero-order chi connectivity index (χ0) is 9.07. The van der Waals surface area contributed by atoms with Crippen molar-refractivity contribution in [1.82, 2.24) is 4.90 Å². The maximum atomic E-state index is 11.9. The van der Waals surface area contributed by atoms with Crippen molar-refractivity contribution in [2.45, 2.75) is 32.6 Å². The second kappa shape index (κ2) is 3.59. The molecule has 0 aromatic carbocycles. The van der Waals surface area contributed by atoms with Gasteiger partial charge in [-0.2, -0.15) is 0 Å². The lowest BCUT2D eigenvalue weighted by atomic mass is 10.2. The van der Waals surface area contributed by atoms with Crippen LogP contribution in [0.4, 0.5) is 13.2 Å². The Kier molecular flexibility index (Phi) is 3.35. The molecule has 11 heavy (non-hydrogen) atoms. The number of rotatable bonds is 3. The van der Waals surface area contributed by atoms with E-state index in [1.165, 1.54) is 6.92 Å². The van der Waals surface area contributed by atoms with Gasteiger partial charge in [0.2, 0.25) is 6.41 Å². The molecule has 0 fully saturated rings. The van der Waals surface area contributed by atoms with Crippen LogP contribution in [0.25, 0.3) is 0 Å². The molecule has 0 aliphatic rings. The Morgan fingerprint density at radius 2 is 2.00 bits per heavy atom. The number of carbonyl (C=O) groups is 1. The third kappa shape index (κ3) is 2.78. The number of halogens is 3. The van der Waals surface area contributed by atoms with E-state index < -0.39 is 12.3 Å². The molecule has 0 aromatic heterocycles. The predicted molar refractivity (Wildman–Crippen MR) is 33.7 cm³/mol. The molecular formula is C6H10F3NO. The second-order valence-corrected chi connectivity index (χ2v) is 2.24. The molecule has 0 rings (SSSR count). The smallest absolute Gasteiger partial charge is 0.278 e. The summed E-state index contributed by atoms with van der Waals surface area (Å²) < 4.78 is 35.6. The summed E-state index contributed by atoms with van der Waals surface area (Å²) in [6, 6.07) is -0.785. The van der Waals surface area contributed by atoms with E-state index in [0.29, 0.717) is 0 Å². The van der Waals surface area contributed by atoms with Gasteiger partial charge in [0.15, 0.2) is 0 Å². The second-order valence-electron chi connectivity index (χ2n) is 2.24. The van der Waals surface area contributed by atoms with Gasteiger partial charge < -0.3 is 0 Å². The Labute approximate surface area is 63.0 Å². The van der Waals surface area contributed by atoms with E-state index in [4.69, 9.17) is 0 Å². The number of hydrogen-bond acceptors (Lipinski definition) is 1. The Morgan fingerprint density at radius 1 is 1.55 bits per heavy atom. The number of carbonyl (C=O) groups excluding carboxylic acids is 1. The van der Waals surface area contributed by atoms with Crippen LogP contribution in [0, 0.1) is 0 Å². The molecule has 66 valence electrons. The summed E-state index contributed by atoms with van der Waals surface area (Å²) in [5.41, 5.74) is 0. The van der Waals surface area contributed by atoms with Gasteiger partial charge in [-0.3, -0.25) is 9.69 Å². The summed E-state index contributed by atoms with van der Waals surface area (Å²) in [7, 11) is 0. The zero-order valence-corrected chi connectivity index (χ0v) is 6.35.